The van der Waals surface area contributed by atoms with Crippen LogP contribution in [-0.4, -0.2) is 53.6 Å². The number of nitrogens with zero attached hydrogens (tertiary/aromatic N) is 11. The molecule has 616 valence electrons. The molecule has 0 amide bonds. The van der Waals surface area contributed by atoms with Crippen LogP contribution in [-0.2, 0) is 0 Å². The maximum atomic E-state index is 5.31. The van der Waals surface area contributed by atoms with Gasteiger partial charge in [0.25, 0.3) is 0 Å². The molecular formula is C118H71N11S3. The highest BCUT2D eigenvalue weighted by molar-refractivity contribution is 7.27. The second-order valence-electron chi connectivity index (χ2n) is 33.2. The van der Waals surface area contributed by atoms with E-state index in [0.717, 1.165) is 193 Å². The zero-order chi connectivity index (χ0) is 86.9. The van der Waals surface area contributed by atoms with Gasteiger partial charge < -0.3 is 4.57 Å². The van der Waals surface area contributed by atoms with E-state index in [-0.39, 0.29) is 0 Å². The highest BCUT2D eigenvalue weighted by Crippen LogP contribution is 2.48. The molecule has 0 aliphatic rings. The van der Waals surface area contributed by atoms with Crippen LogP contribution in [0.4, 0.5) is 0 Å². The summed E-state index contributed by atoms with van der Waals surface area (Å²) in [5, 5.41) is 15.2. The van der Waals surface area contributed by atoms with Gasteiger partial charge in [0, 0.05) is 148 Å². The average Bonchev–Trinajstić information content (AvgIpc) is 1.57. The first kappa shape index (κ1) is 76.4. The fourth-order valence-corrected chi connectivity index (χ4v) is 23.0. The van der Waals surface area contributed by atoms with Crippen molar-refractivity contribution in [1.29, 1.82) is 0 Å². The van der Waals surface area contributed by atoms with E-state index >= 15 is 0 Å². The lowest BCUT2D eigenvalue weighted by Crippen LogP contribution is -2.01. The summed E-state index contributed by atoms with van der Waals surface area (Å²) in [7, 11) is 0. The first-order valence-corrected chi connectivity index (χ1v) is 46.5. The van der Waals surface area contributed by atoms with E-state index in [0.29, 0.717) is 0 Å². The Labute approximate surface area is 767 Å². The number of fused-ring (bicyclic) bond motifs is 27. The van der Waals surface area contributed by atoms with E-state index < -0.39 is 0 Å². The second-order valence-corrected chi connectivity index (χ2v) is 36.4. The van der Waals surface area contributed by atoms with Crippen molar-refractivity contribution in [2.75, 3.05) is 0 Å². The molecule has 0 saturated carbocycles. The van der Waals surface area contributed by atoms with Gasteiger partial charge in [0.15, 0.2) is 0 Å². The zero-order valence-corrected chi connectivity index (χ0v) is 73.1. The molecule has 0 radical (unpaired) electrons. The molecule has 14 aromatic carbocycles. The Morgan fingerprint density at radius 3 is 0.917 bits per heavy atom. The van der Waals surface area contributed by atoms with E-state index in [1.165, 1.54) is 61.2 Å². The van der Waals surface area contributed by atoms with Crippen molar-refractivity contribution in [1.82, 2.24) is 53.6 Å². The van der Waals surface area contributed by atoms with Gasteiger partial charge in [-0.15, -0.1) is 34.0 Å². The molecule has 0 fully saturated rings. The molecule has 14 aromatic heterocycles. The van der Waals surface area contributed by atoms with E-state index in [4.69, 9.17) is 39.9 Å². The molecule has 0 N–H and O–H groups in total. The molecule has 0 bridgehead atoms. The first-order chi connectivity index (χ1) is 65.5. The minimum Gasteiger partial charge on any atom is -0.307 e. The molecule has 0 atom stereocenters. The number of hydrogen-bond acceptors (Lipinski definition) is 11. The smallest absolute Gasteiger partial charge is 0.138 e. The molecule has 132 heavy (non-hydrogen) atoms. The molecule has 14 heterocycles. The third-order valence-corrected chi connectivity index (χ3v) is 29.2. The molecule has 28 aromatic rings. The number of rotatable bonds is 10. The number of pyridine rings is 8. The number of para-hydroxylation sites is 3. The second kappa shape index (κ2) is 31.6. The number of aromatic nitrogens is 11. The van der Waals surface area contributed by atoms with Gasteiger partial charge in [-0.05, 0) is 118 Å². The summed E-state index contributed by atoms with van der Waals surface area (Å²) in [4.78, 5) is 41.2. The van der Waals surface area contributed by atoms with Gasteiger partial charge in [-0.3, -0.25) is 34.1 Å². The molecule has 28 rings (SSSR count). The Bertz CT molecular complexity index is 8960. The van der Waals surface area contributed by atoms with Crippen molar-refractivity contribution in [3.05, 3.63) is 431 Å². The Kier molecular flexibility index (Phi) is 18.3. The summed E-state index contributed by atoms with van der Waals surface area (Å²) in [5.74, 6) is 1.74. The normalized spacial score (nSPS) is 11.8. The van der Waals surface area contributed by atoms with Gasteiger partial charge >= 0.3 is 0 Å². The van der Waals surface area contributed by atoms with E-state index in [2.05, 4.69) is 396 Å². The quantitative estimate of drug-likeness (QED) is 0.133. The molecule has 0 aliphatic carbocycles. The van der Waals surface area contributed by atoms with Gasteiger partial charge in [0.1, 0.15) is 33.7 Å². The predicted molar refractivity (Wildman–Crippen MR) is 554 cm³/mol. The van der Waals surface area contributed by atoms with Gasteiger partial charge in [0.2, 0.25) is 0 Å². The monoisotopic (exact) mass is 1740 g/mol. The minimum absolute atomic E-state index is 0.854. The fraction of sp³-hybridized carbons (Fsp3) is 0. The summed E-state index contributed by atoms with van der Waals surface area (Å²) in [6.07, 6.45) is 10.2. The zero-order valence-electron chi connectivity index (χ0n) is 70.6. The van der Waals surface area contributed by atoms with Crippen LogP contribution in [0.1, 0.15) is 0 Å². The molecule has 0 unspecified atom stereocenters. The first-order valence-electron chi connectivity index (χ1n) is 44.1. The maximum absolute atomic E-state index is 5.31. The Balaban J connectivity index is 0.000000104. The lowest BCUT2D eigenvalue weighted by Gasteiger charge is -2.13. The van der Waals surface area contributed by atoms with Crippen molar-refractivity contribution in [3.63, 3.8) is 0 Å². The van der Waals surface area contributed by atoms with Crippen LogP contribution < -0.4 is 0 Å². The summed E-state index contributed by atoms with van der Waals surface area (Å²) < 4.78 is 14.3. The van der Waals surface area contributed by atoms with Gasteiger partial charge in [-0.25, -0.2) is 15.0 Å². The van der Waals surface area contributed by atoms with Crippen LogP contribution in [0.2, 0.25) is 0 Å². The van der Waals surface area contributed by atoms with E-state index in [9.17, 15) is 0 Å². The van der Waals surface area contributed by atoms with Crippen molar-refractivity contribution < 1.29 is 0 Å². The third-order valence-electron chi connectivity index (χ3n) is 25.6. The van der Waals surface area contributed by atoms with Gasteiger partial charge in [0.05, 0.1) is 70.8 Å². The maximum Gasteiger partial charge on any atom is 0.138 e. The topological polar surface area (TPSA) is 118 Å². The largest absolute Gasteiger partial charge is 0.307 e. The lowest BCUT2D eigenvalue weighted by atomic mass is 9.99. The molecule has 0 aliphatic heterocycles. The molecule has 0 spiro atoms. The van der Waals surface area contributed by atoms with E-state index in [1.807, 2.05) is 60.4 Å². The molecule has 0 saturated heterocycles. The number of thiophene rings is 3. The highest BCUT2D eigenvalue weighted by Gasteiger charge is 2.26. The van der Waals surface area contributed by atoms with E-state index in [1.54, 1.807) is 22.7 Å². The van der Waals surface area contributed by atoms with Crippen LogP contribution in [0.25, 0.3) is 255 Å². The number of hydrogen-bond donors (Lipinski definition) is 0. The summed E-state index contributed by atoms with van der Waals surface area (Å²) in [5.41, 5.74) is 27.1. The summed E-state index contributed by atoms with van der Waals surface area (Å²) in [6.45, 7) is 0. The SMILES string of the molecule is c1ccc(-c2cc(-c3cccc(-n4c5ccccc5c5cnc6c(ncc7c8ccccc8sc76)c54)c3)cc(-c3ccccc3)n2)cc1.c1ccc(-c2cc(-c3ccccc3)nc(-n3c4ccccc4c4ccc5c(ncc6c7ccccc7sc65)c43)c2)cc1.c1ccc(-c2cc(-c3ccccc3)nc(-n3c4ccccc4c4cnc5c(ncc6c7ccccc7sc65)c43)c2)cc1. The highest BCUT2D eigenvalue weighted by atomic mass is 32.1. The van der Waals surface area contributed by atoms with Crippen molar-refractivity contribution in [3.8, 4) is 95.7 Å². The van der Waals surface area contributed by atoms with Crippen LogP contribution in [0, 0.1) is 0 Å². The molecule has 11 nitrogen and oxygen atoms in total. The summed E-state index contributed by atoms with van der Waals surface area (Å²) in [6, 6.07) is 141. The third kappa shape index (κ3) is 12.8. The summed E-state index contributed by atoms with van der Waals surface area (Å²) >= 11 is 5.41. The van der Waals surface area contributed by atoms with Crippen LogP contribution in [0.5, 0.6) is 0 Å². The van der Waals surface area contributed by atoms with Crippen molar-refractivity contribution in [2.24, 2.45) is 0 Å². The standard InChI is InChI=1S/C43H26N4S.C38H23N3S.C37H22N4S/c1-3-12-27(13-4-1)36-23-30(24-37(46-36)28-14-5-2-6-15-28)29-16-11-17-31(22-29)47-38-20-9-7-18-32(38)34-25-45-41-40(42(34)47)44-26-35-33-19-8-10-21-39(33)48-43(35)41;1-3-11-24(12-4-1)26-21-32(25-13-5-2-6-14-25)40-35(22-26)41-33-17-9-7-15-27(33)29-19-20-30-36(37(29)41)39-23-31-28-16-8-10-18-34(28)42-38(30)31;1-3-11-23(12-4-1)25-19-30(24-13-5-2-6-14-24)40-33(20-25)41-31-17-9-7-15-26(31)28-21-39-35-34(36(28)41)38-22-29-27-16-8-10-18-32(27)42-37(29)35/h1-26H;1-23H;1-22H. The Hall–Kier alpha value is -16.9. The average molecular weight is 1740 g/mol. The predicted octanol–water partition coefficient (Wildman–Crippen LogP) is 31.7. The van der Waals surface area contributed by atoms with Crippen molar-refractivity contribution >= 4 is 193 Å². The Morgan fingerprint density at radius 1 is 0.174 bits per heavy atom. The molecular weight excluding hydrogens is 1670 g/mol. The molecule has 14 heteroatoms. The van der Waals surface area contributed by atoms with Crippen LogP contribution >= 0.6 is 34.0 Å². The van der Waals surface area contributed by atoms with Gasteiger partial charge in [-0.1, -0.05) is 315 Å². The van der Waals surface area contributed by atoms with Gasteiger partial charge in [-0.2, -0.15) is 0 Å². The number of benzene rings is 14. The van der Waals surface area contributed by atoms with Crippen LogP contribution in [0.15, 0.2) is 431 Å². The minimum atomic E-state index is 0.854. The Morgan fingerprint density at radius 2 is 0.477 bits per heavy atom. The van der Waals surface area contributed by atoms with Crippen LogP contribution in [0.3, 0.4) is 0 Å². The lowest BCUT2D eigenvalue weighted by molar-refractivity contribution is 1.08. The van der Waals surface area contributed by atoms with Crippen molar-refractivity contribution in [2.45, 2.75) is 0 Å². The fourth-order valence-electron chi connectivity index (χ4n) is 19.5.